The first-order valence-electron chi connectivity index (χ1n) is 11.4. The quantitative estimate of drug-likeness (QED) is 0.289. The Bertz CT molecular complexity index is 590. The van der Waals surface area contributed by atoms with Gasteiger partial charge in [-0.15, -0.1) is 24.0 Å². The molecule has 6 aliphatic rings. The molecule has 6 aliphatic carbocycles. The molecule has 142 valence electrons. The average molecular weight is 394 g/mol. The van der Waals surface area contributed by atoms with E-state index in [0.717, 1.165) is 0 Å². The Morgan fingerprint density at radius 3 is 1.33 bits per heavy atom. The van der Waals surface area contributed by atoms with Crippen LogP contribution in [0, 0.1) is 12.8 Å². The van der Waals surface area contributed by atoms with E-state index >= 15 is 0 Å². The Morgan fingerprint density at radius 1 is 0.444 bits per heavy atom. The van der Waals surface area contributed by atoms with Crippen LogP contribution in [-0.2, 0) is 21.7 Å². The molecule has 0 saturated carbocycles. The second-order valence-corrected chi connectivity index (χ2v) is 9.13. The maximum Gasteiger partial charge on any atom is 2.00 e. The van der Waals surface area contributed by atoms with Crippen molar-refractivity contribution in [2.75, 3.05) is 0 Å². The number of hydrogen-bond acceptors (Lipinski definition) is 0. The van der Waals surface area contributed by atoms with Gasteiger partial charge in [0, 0.05) is 0 Å². The zero-order chi connectivity index (χ0) is 17.3. The Kier molecular flexibility index (Phi) is 6.45. The van der Waals surface area contributed by atoms with Crippen LogP contribution in [0.1, 0.15) is 103 Å². The van der Waals surface area contributed by atoms with E-state index in [0.29, 0.717) is 0 Å². The van der Waals surface area contributed by atoms with Crippen LogP contribution < -0.4 is 0 Å². The zero-order valence-corrected chi connectivity index (χ0v) is 18.5. The number of hydrogen-bond donors (Lipinski definition) is 0. The Morgan fingerprint density at radius 2 is 0.852 bits per heavy atom. The largest absolute Gasteiger partial charge is 2.00 e. The van der Waals surface area contributed by atoms with Gasteiger partial charge in [-0.25, -0.2) is 24.0 Å². The molecule has 0 aromatic rings. The van der Waals surface area contributed by atoms with Gasteiger partial charge in [0.15, 0.2) is 0 Å². The van der Waals surface area contributed by atoms with Crippen molar-refractivity contribution in [3.8, 4) is 0 Å². The fraction of sp³-hybridized carbons (Fsp3) is 0.615. The predicted molar refractivity (Wildman–Crippen MR) is 111 cm³/mol. The van der Waals surface area contributed by atoms with E-state index in [1.807, 2.05) is 0 Å². The van der Waals surface area contributed by atoms with Crippen molar-refractivity contribution in [3.63, 3.8) is 0 Å². The summed E-state index contributed by atoms with van der Waals surface area (Å²) in [5.41, 5.74) is 14.1. The molecule has 0 aliphatic heterocycles. The molecule has 0 amide bonds. The molecule has 0 unspecified atom stereocenters. The molecule has 0 saturated heterocycles. The van der Waals surface area contributed by atoms with Gasteiger partial charge in [0.25, 0.3) is 0 Å². The van der Waals surface area contributed by atoms with Gasteiger partial charge in [-0.05, 0) is 51.4 Å². The summed E-state index contributed by atoms with van der Waals surface area (Å²) in [6.45, 7) is 0. The Hall–Kier alpha value is -0.586. The van der Waals surface area contributed by atoms with Crippen LogP contribution in [-0.4, -0.2) is 0 Å². The number of allylic oxidation sites excluding steroid dienone is 8. The van der Waals surface area contributed by atoms with Gasteiger partial charge < -0.3 is 0 Å². The monoisotopic (exact) mass is 394 g/mol. The predicted octanol–water partition coefficient (Wildman–Crippen LogP) is 7.89. The molecule has 27 heavy (non-hydrogen) atoms. The second kappa shape index (κ2) is 8.83. The van der Waals surface area contributed by atoms with Gasteiger partial charge in [0.1, 0.15) is 0 Å². The van der Waals surface area contributed by atoms with Crippen molar-refractivity contribution in [1.82, 2.24) is 0 Å². The van der Waals surface area contributed by atoms with E-state index in [1.165, 1.54) is 103 Å². The summed E-state index contributed by atoms with van der Waals surface area (Å²) in [6, 6.07) is 0. The van der Waals surface area contributed by atoms with Crippen molar-refractivity contribution < 1.29 is 21.7 Å². The summed E-state index contributed by atoms with van der Waals surface area (Å²) >= 11 is 0. The topological polar surface area (TPSA) is 0 Å². The van der Waals surface area contributed by atoms with Crippen molar-refractivity contribution in [3.05, 3.63) is 57.4 Å². The van der Waals surface area contributed by atoms with Crippen LogP contribution in [0.3, 0.4) is 0 Å². The fourth-order valence-electron chi connectivity index (χ4n) is 6.24. The van der Waals surface area contributed by atoms with Crippen LogP contribution in [0.15, 0.2) is 44.6 Å². The van der Waals surface area contributed by atoms with E-state index < -0.39 is 0 Å². The molecule has 0 spiro atoms. The third-order valence-electron chi connectivity index (χ3n) is 7.52. The van der Waals surface area contributed by atoms with Gasteiger partial charge in [0.05, 0.1) is 0 Å². The summed E-state index contributed by atoms with van der Waals surface area (Å²) in [5.74, 6) is 0. The average Bonchev–Trinajstić information content (AvgIpc) is 3.27. The van der Waals surface area contributed by atoms with E-state index in [-0.39, 0.29) is 21.7 Å². The molecule has 0 aromatic heterocycles. The molecule has 0 aromatic carbocycles. The molecule has 0 heterocycles. The van der Waals surface area contributed by atoms with Gasteiger partial charge in [-0.2, -0.15) is 11.1 Å². The first kappa shape index (κ1) is 19.7. The minimum Gasteiger partial charge on any atom is -0.226 e. The number of fused-ring (bicyclic) bond motifs is 2. The second-order valence-electron chi connectivity index (χ2n) is 9.13. The van der Waals surface area contributed by atoms with E-state index in [4.69, 9.17) is 0 Å². The van der Waals surface area contributed by atoms with Crippen molar-refractivity contribution in [2.24, 2.45) is 0 Å². The molecule has 6 rings (SSSR count). The van der Waals surface area contributed by atoms with E-state index in [2.05, 4.69) is 12.8 Å². The van der Waals surface area contributed by atoms with Crippen molar-refractivity contribution in [1.29, 1.82) is 0 Å². The molecule has 1 heteroatoms. The molecule has 0 N–H and O–H groups in total. The van der Waals surface area contributed by atoms with Crippen LogP contribution in [0.25, 0.3) is 0 Å². The first-order valence-corrected chi connectivity index (χ1v) is 11.4. The minimum atomic E-state index is 0. The van der Waals surface area contributed by atoms with Crippen LogP contribution in [0.4, 0.5) is 0 Å². The number of rotatable bonds is 0. The fourth-order valence-corrected chi connectivity index (χ4v) is 6.24. The molecular formula is C26H34Ti. The normalized spacial score (nSPS) is 26.1. The zero-order valence-electron chi connectivity index (χ0n) is 17.0. The van der Waals surface area contributed by atoms with Gasteiger partial charge in [-0.1, -0.05) is 49.7 Å². The maximum atomic E-state index is 2.50. The van der Waals surface area contributed by atoms with Crippen LogP contribution in [0.5, 0.6) is 0 Å². The Labute approximate surface area is 181 Å². The maximum absolute atomic E-state index is 2.50. The molecule has 0 atom stereocenters. The summed E-state index contributed by atoms with van der Waals surface area (Å²) in [5, 5.41) is 0. The minimum absolute atomic E-state index is 0. The molecule has 0 bridgehead atoms. The Balaban J connectivity index is 0.000000129. The molecule has 0 radical (unpaired) electrons. The summed E-state index contributed by atoms with van der Waals surface area (Å²) < 4.78 is 0. The SMILES string of the molecule is [CH-]1CCCC2=C1CC1=C2CCCC1.[CH-]1CCCC2=C1CC1=C2CCCC1.[Ti+2]. The molecule has 0 nitrogen and oxygen atoms in total. The summed E-state index contributed by atoms with van der Waals surface area (Å²) in [7, 11) is 0. The van der Waals surface area contributed by atoms with Crippen LogP contribution in [0.2, 0.25) is 0 Å². The van der Waals surface area contributed by atoms with E-state index in [1.54, 1.807) is 44.6 Å². The summed E-state index contributed by atoms with van der Waals surface area (Å²) in [4.78, 5) is 0. The van der Waals surface area contributed by atoms with Crippen LogP contribution >= 0.6 is 0 Å². The van der Waals surface area contributed by atoms with Gasteiger partial charge in [-0.3, -0.25) is 0 Å². The summed E-state index contributed by atoms with van der Waals surface area (Å²) in [6.07, 6.45) is 27.2. The van der Waals surface area contributed by atoms with Gasteiger partial charge in [0.2, 0.25) is 0 Å². The third-order valence-corrected chi connectivity index (χ3v) is 7.52. The first-order chi connectivity index (χ1) is 12.9. The molecular weight excluding hydrogens is 360 g/mol. The van der Waals surface area contributed by atoms with E-state index in [9.17, 15) is 0 Å². The van der Waals surface area contributed by atoms with Crippen molar-refractivity contribution in [2.45, 2.75) is 103 Å². The standard InChI is InChI=1S/2C13H17.Ti/c2*1-3-7-12-10(5-1)9-11-6-2-4-8-13(11)12;/h2*5H,1-4,6-9H2;/q2*-1;+2. The third kappa shape index (κ3) is 3.95. The smallest absolute Gasteiger partial charge is 0.226 e. The van der Waals surface area contributed by atoms with Gasteiger partial charge >= 0.3 is 21.7 Å². The van der Waals surface area contributed by atoms with Crippen molar-refractivity contribution >= 4 is 0 Å². The molecule has 0 fully saturated rings.